The number of pyridine rings is 1. The Bertz CT molecular complexity index is 1210. The number of nitrogens with zero attached hydrogens (tertiary/aromatic N) is 4. The van der Waals surface area contributed by atoms with Crippen LogP contribution in [-0.2, 0) is 18.9 Å². The molecular weight excluding hydrogens is 482 g/mol. The Hall–Kier alpha value is -3.52. The molecule has 0 saturated carbocycles. The maximum atomic E-state index is 13.2. The van der Waals surface area contributed by atoms with Gasteiger partial charge in [-0.15, -0.1) is 13.2 Å². The maximum Gasteiger partial charge on any atom is 0.504 e. The number of alkyl halides is 8. The van der Waals surface area contributed by atoms with Crippen molar-refractivity contribution < 1.29 is 44.3 Å². The second-order valence-corrected chi connectivity index (χ2v) is 7.31. The monoisotopic (exact) mass is 495 g/mol. The number of aryl methyl sites for hydroxylation is 1. The average Bonchev–Trinajstić information content (AvgIpc) is 3.39. The van der Waals surface area contributed by atoms with Gasteiger partial charge < -0.3 is 9.73 Å². The quantitative estimate of drug-likeness (QED) is 0.505. The van der Waals surface area contributed by atoms with Gasteiger partial charge in [0.15, 0.2) is 0 Å². The van der Waals surface area contributed by atoms with Gasteiger partial charge in [0.2, 0.25) is 5.89 Å². The highest BCUT2D eigenvalue weighted by Crippen LogP contribution is 2.36. The van der Waals surface area contributed by atoms with Gasteiger partial charge in [-0.3, -0.25) is 9.78 Å². The molecule has 0 bridgehead atoms. The summed E-state index contributed by atoms with van der Waals surface area (Å²) in [6.45, 7) is 0. The van der Waals surface area contributed by atoms with Crippen LogP contribution in [0, 0.1) is 0 Å². The van der Waals surface area contributed by atoms with Gasteiger partial charge >= 0.3 is 12.5 Å². The molecule has 0 spiro atoms. The molecule has 34 heavy (non-hydrogen) atoms. The first-order chi connectivity index (χ1) is 15.8. The second kappa shape index (κ2) is 8.36. The summed E-state index contributed by atoms with van der Waals surface area (Å²) in [7, 11) is 0. The van der Waals surface area contributed by atoms with E-state index in [1.807, 2.05) is 0 Å². The third-order valence-electron chi connectivity index (χ3n) is 5.01. The van der Waals surface area contributed by atoms with Gasteiger partial charge in [-0.1, -0.05) is 0 Å². The Morgan fingerprint density at radius 2 is 1.94 bits per heavy atom. The van der Waals surface area contributed by atoms with Gasteiger partial charge in [-0.05, 0) is 25.0 Å². The summed E-state index contributed by atoms with van der Waals surface area (Å²) in [4.78, 5) is 20.0. The second-order valence-electron chi connectivity index (χ2n) is 7.31. The minimum Gasteiger partial charge on any atom is -0.441 e. The summed E-state index contributed by atoms with van der Waals surface area (Å²) in [6, 6.07) is 1.03. The molecule has 0 fully saturated rings. The van der Waals surface area contributed by atoms with E-state index in [2.05, 4.69) is 20.4 Å². The van der Waals surface area contributed by atoms with Crippen molar-refractivity contribution in [3.63, 3.8) is 0 Å². The van der Waals surface area contributed by atoms with Crippen molar-refractivity contribution in [3.05, 3.63) is 52.9 Å². The predicted octanol–water partition coefficient (Wildman–Crippen LogP) is 5.17. The molecular formula is C19H13F8N5O2. The molecule has 1 aliphatic carbocycles. The highest BCUT2D eigenvalue weighted by atomic mass is 19.4. The third kappa shape index (κ3) is 4.59. The number of halogens is 8. The number of hydrogen-bond acceptors (Lipinski definition) is 5. The zero-order valence-corrected chi connectivity index (χ0v) is 16.7. The van der Waals surface area contributed by atoms with Crippen molar-refractivity contribution in [2.45, 2.75) is 44.2 Å². The molecule has 1 aliphatic rings. The molecule has 0 aliphatic heterocycles. The Balaban J connectivity index is 1.62. The topological polar surface area (TPSA) is 85.8 Å². The molecule has 3 heterocycles. The number of fused-ring (bicyclic) bond motifs is 1. The smallest absolute Gasteiger partial charge is 0.441 e. The van der Waals surface area contributed by atoms with E-state index in [0.717, 1.165) is 12.3 Å². The molecule has 1 atom stereocenters. The van der Waals surface area contributed by atoms with Gasteiger partial charge in [-0.2, -0.15) is 23.0 Å². The molecule has 0 saturated heterocycles. The van der Waals surface area contributed by atoms with Crippen molar-refractivity contribution >= 4 is 5.91 Å². The van der Waals surface area contributed by atoms with Crippen molar-refractivity contribution in [1.82, 2.24) is 25.1 Å². The molecule has 1 amide bonds. The summed E-state index contributed by atoms with van der Waals surface area (Å²) in [5.41, 5.74) is -3.38. The van der Waals surface area contributed by atoms with Crippen LogP contribution in [0.1, 0.15) is 58.5 Å². The highest BCUT2D eigenvalue weighted by Gasteiger charge is 2.37. The lowest BCUT2D eigenvalue weighted by molar-refractivity contribution is -0.212. The van der Waals surface area contributed by atoms with Crippen molar-refractivity contribution in [2.24, 2.45) is 0 Å². The van der Waals surface area contributed by atoms with E-state index in [-0.39, 0.29) is 35.5 Å². The molecule has 0 radical (unpaired) electrons. The Labute approximate surface area is 184 Å². The molecule has 3 aromatic heterocycles. The van der Waals surface area contributed by atoms with E-state index in [9.17, 15) is 39.9 Å². The molecule has 3 aromatic rings. The minimum absolute atomic E-state index is 0.0340. The lowest BCUT2D eigenvalue weighted by Crippen LogP contribution is -2.31. The Kier molecular flexibility index (Phi) is 5.81. The van der Waals surface area contributed by atoms with E-state index in [4.69, 9.17) is 4.42 Å². The van der Waals surface area contributed by atoms with Crippen LogP contribution in [-0.4, -0.2) is 25.7 Å². The number of nitrogens with one attached hydrogen (secondary N) is 1. The van der Waals surface area contributed by atoms with E-state index in [1.54, 1.807) is 0 Å². The zero-order chi connectivity index (χ0) is 24.8. The molecule has 182 valence electrons. The van der Waals surface area contributed by atoms with Crippen LogP contribution in [0.3, 0.4) is 0 Å². The standard InChI is InChI=1S/C19H13F8N5O2/c20-15(21)13-9(7-32(31-13)19(25,26)27)16(33)29-10-2-1-3-11-14(10)30-17(34-11)8-4-5-28-12(6-8)18(22,23)24/h4-7,10,15H,1-3H2,(H,29,33)/t10-/m0/s1. The number of amides is 1. The summed E-state index contributed by atoms with van der Waals surface area (Å²) in [5, 5.41) is 5.10. The van der Waals surface area contributed by atoms with Crippen LogP contribution in [0.25, 0.3) is 11.5 Å². The maximum absolute atomic E-state index is 13.2. The number of oxazole rings is 1. The number of carbonyl (C=O) groups excluding carboxylic acids is 1. The Morgan fingerprint density at radius 3 is 2.59 bits per heavy atom. The fourth-order valence-corrected chi connectivity index (χ4v) is 3.49. The number of hydrogen-bond donors (Lipinski definition) is 1. The van der Waals surface area contributed by atoms with E-state index in [0.29, 0.717) is 12.8 Å². The SMILES string of the molecule is O=C(N[C@H]1CCCc2oc(-c3ccnc(C(F)(F)F)c3)nc21)c1cn(C(F)(F)F)nc1C(F)F. The van der Waals surface area contributed by atoms with Crippen LogP contribution in [0.5, 0.6) is 0 Å². The fraction of sp³-hybridized carbons (Fsp3) is 0.368. The van der Waals surface area contributed by atoms with Crippen molar-refractivity contribution in [1.29, 1.82) is 0 Å². The molecule has 0 aromatic carbocycles. The molecule has 0 unspecified atom stereocenters. The molecule has 4 rings (SSSR count). The van der Waals surface area contributed by atoms with Crippen molar-refractivity contribution in [2.75, 3.05) is 0 Å². The molecule has 7 nitrogen and oxygen atoms in total. The predicted molar refractivity (Wildman–Crippen MR) is 96.4 cm³/mol. The van der Waals surface area contributed by atoms with Crippen LogP contribution < -0.4 is 5.32 Å². The summed E-state index contributed by atoms with van der Waals surface area (Å²) in [6.07, 6.45) is -11.2. The summed E-state index contributed by atoms with van der Waals surface area (Å²) < 4.78 is 109. The van der Waals surface area contributed by atoms with Crippen LogP contribution in [0.15, 0.2) is 28.9 Å². The number of aromatic nitrogens is 4. The fourth-order valence-electron chi connectivity index (χ4n) is 3.49. The van der Waals surface area contributed by atoms with Crippen LogP contribution in [0.4, 0.5) is 35.1 Å². The number of rotatable bonds is 4. The first kappa shape index (κ1) is 23.6. The first-order valence-electron chi connectivity index (χ1n) is 9.63. The summed E-state index contributed by atoms with van der Waals surface area (Å²) >= 11 is 0. The lowest BCUT2D eigenvalue weighted by atomic mass is 9.96. The summed E-state index contributed by atoms with van der Waals surface area (Å²) in [5.74, 6) is -1.18. The first-order valence-corrected chi connectivity index (χ1v) is 9.63. The zero-order valence-electron chi connectivity index (χ0n) is 16.7. The van der Waals surface area contributed by atoms with Gasteiger partial charge in [0, 0.05) is 24.4 Å². The van der Waals surface area contributed by atoms with Crippen molar-refractivity contribution in [3.8, 4) is 11.5 Å². The van der Waals surface area contributed by atoms with Crippen LogP contribution >= 0.6 is 0 Å². The third-order valence-corrected chi connectivity index (χ3v) is 5.01. The van der Waals surface area contributed by atoms with Gasteiger partial charge in [0.1, 0.15) is 22.8 Å². The van der Waals surface area contributed by atoms with E-state index in [1.165, 1.54) is 6.07 Å². The molecule has 1 N–H and O–H groups in total. The largest absolute Gasteiger partial charge is 0.504 e. The average molecular weight is 495 g/mol. The normalized spacial score (nSPS) is 16.6. The Morgan fingerprint density at radius 1 is 1.21 bits per heavy atom. The lowest BCUT2D eigenvalue weighted by Gasteiger charge is -2.21. The van der Waals surface area contributed by atoms with Crippen LogP contribution in [0.2, 0.25) is 0 Å². The molecule has 15 heteroatoms. The van der Waals surface area contributed by atoms with Gasteiger partial charge in [-0.25, -0.2) is 13.8 Å². The van der Waals surface area contributed by atoms with Gasteiger partial charge in [0.05, 0.1) is 11.6 Å². The minimum atomic E-state index is -5.11. The number of carbonyl (C=O) groups is 1. The van der Waals surface area contributed by atoms with E-state index >= 15 is 0 Å². The van der Waals surface area contributed by atoms with Gasteiger partial charge in [0.25, 0.3) is 12.3 Å². The van der Waals surface area contributed by atoms with E-state index < -0.39 is 52.5 Å². The highest BCUT2D eigenvalue weighted by molar-refractivity contribution is 5.95.